The minimum atomic E-state index is -4.57. The number of rotatable bonds is 9. The Labute approximate surface area is 208 Å². The van der Waals surface area contributed by atoms with Crippen LogP contribution in [-0.2, 0) is 16.1 Å². The van der Waals surface area contributed by atoms with E-state index >= 15 is 0 Å². The fourth-order valence-corrected chi connectivity index (χ4v) is 4.94. The van der Waals surface area contributed by atoms with Crippen molar-refractivity contribution in [3.8, 4) is 17.0 Å². The molecule has 1 aliphatic rings. The van der Waals surface area contributed by atoms with Crippen molar-refractivity contribution in [2.24, 2.45) is 11.8 Å². The summed E-state index contributed by atoms with van der Waals surface area (Å²) >= 11 is 0. The molecule has 3 atom stereocenters. The number of aryl methyl sites for hydroxylation is 1. The van der Waals surface area contributed by atoms with Crippen molar-refractivity contribution in [1.29, 1.82) is 0 Å². The van der Waals surface area contributed by atoms with Gasteiger partial charge in [-0.2, -0.15) is 13.2 Å². The summed E-state index contributed by atoms with van der Waals surface area (Å²) in [6.07, 6.45) is -0.363. The fraction of sp³-hybridized carbons (Fsp3) is 0.429. The van der Waals surface area contributed by atoms with Crippen LogP contribution in [0.15, 0.2) is 61.4 Å². The van der Waals surface area contributed by atoms with Crippen molar-refractivity contribution in [3.63, 3.8) is 0 Å². The zero-order valence-corrected chi connectivity index (χ0v) is 20.5. The summed E-state index contributed by atoms with van der Waals surface area (Å²) in [6.45, 7) is 8.40. The molecule has 4 rings (SSSR count). The summed E-state index contributed by atoms with van der Waals surface area (Å²) in [6, 6.07) is 11.3. The van der Waals surface area contributed by atoms with E-state index in [0.29, 0.717) is 11.7 Å². The van der Waals surface area contributed by atoms with Crippen LogP contribution < -0.4 is 4.74 Å². The molecule has 0 saturated heterocycles. The van der Waals surface area contributed by atoms with Crippen molar-refractivity contribution in [1.82, 2.24) is 9.55 Å². The molecule has 0 radical (unpaired) electrons. The molecule has 0 bridgehead atoms. The summed E-state index contributed by atoms with van der Waals surface area (Å²) in [4.78, 5) is 15.8. The average Bonchev–Trinajstić information content (AvgIpc) is 3.40. The van der Waals surface area contributed by atoms with Crippen LogP contribution >= 0.6 is 0 Å². The van der Waals surface area contributed by atoms with E-state index in [4.69, 9.17) is 9.47 Å². The molecule has 3 aromatic rings. The summed E-state index contributed by atoms with van der Waals surface area (Å²) in [7, 11) is 0. The van der Waals surface area contributed by atoms with Crippen molar-refractivity contribution in [2.75, 3.05) is 0 Å². The Balaban J connectivity index is 1.65. The molecule has 2 aromatic heterocycles. The molecule has 8 heteroatoms. The maximum Gasteiger partial charge on any atom is 0.398 e. The second kappa shape index (κ2) is 10.8. The Morgan fingerprint density at radius 2 is 2.00 bits per heavy atom. The smallest absolute Gasteiger partial charge is 0.398 e. The van der Waals surface area contributed by atoms with Gasteiger partial charge in [0.05, 0.1) is 11.2 Å². The first-order chi connectivity index (χ1) is 17.2. The molecule has 192 valence electrons. The van der Waals surface area contributed by atoms with Gasteiger partial charge in [0.15, 0.2) is 0 Å². The molecule has 2 heterocycles. The van der Waals surface area contributed by atoms with E-state index in [1.807, 2.05) is 24.4 Å². The molecule has 0 N–H and O–H groups in total. The number of pyridine rings is 1. The first-order valence-electron chi connectivity index (χ1n) is 12.3. The number of benzene rings is 1. The third kappa shape index (κ3) is 5.74. The first-order valence-corrected chi connectivity index (χ1v) is 12.3. The van der Waals surface area contributed by atoms with Gasteiger partial charge in [-0.1, -0.05) is 20.4 Å². The lowest BCUT2D eigenvalue weighted by Gasteiger charge is -2.27. The Hall–Kier alpha value is -3.29. The highest BCUT2D eigenvalue weighted by Gasteiger charge is 2.55. The summed E-state index contributed by atoms with van der Waals surface area (Å²) < 4.78 is 54.9. The highest BCUT2D eigenvalue weighted by atomic mass is 19.4. The zero-order valence-electron chi connectivity index (χ0n) is 20.5. The van der Waals surface area contributed by atoms with Gasteiger partial charge in [0.25, 0.3) is 0 Å². The summed E-state index contributed by atoms with van der Waals surface area (Å²) in [5, 5.41) is 0.974. The third-order valence-electron chi connectivity index (χ3n) is 6.63. The van der Waals surface area contributed by atoms with Gasteiger partial charge >= 0.3 is 12.1 Å². The second-order valence-corrected chi connectivity index (χ2v) is 9.66. The largest absolute Gasteiger partial charge is 0.490 e. The quantitative estimate of drug-likeness (QED) is 0.236. The minimum Gasteiger partial charge on any atom is -0.490 e. The van der Waals surface area contributed by atoms with Crippen LogP contribution in [0.3, 0.4) is 0 Å². The van der Waals surface area contributed by atoms with E-state index in [-0.39, 0.29) is 12.8 Å². The van der Waals surface area contributed by atoms with Crippen LogP contribution in [-0.4, -0.2) is 33.9 Å². The predicted octanol–water partition coefficient (Wildman–Crippen LogP) is 6.96. The highest BCUT2D eigenvalue weighted by molar-refractivity contribution is 5.88. The lowest BCUT2D eigenvalue weighted by molar-refractivity contribution is -0.214. The van der Waals surface area contributed by atoms with Gasteiger partial charge in [-0.25, -0.2) is 4.79 Å². The zero-order chi connectivity index (χ0) is 25.9. The predicted molar refractivity (Wildman–Crippen MR) is 133 cm³/mol. The van der Waals surface area contributed by atoms with Crippen molar-refractivity contribution >= 4 is 16.9 Å². The molecule has 3 unspecified atom stereocenters. The summed E-state index contributed by atoms with van der Waals surface area (Å²) in [5.74, 6) is -1.84. The van der Waals surface area contributed by atoms with Crippen molar-refractivity contribution in [2.45, 2.75) is 64.5 Å². The molecule has 36 heavy (non-hydrogen) atoms. The van der Waals surface area contributed by atoms with E-state index < -0.39 is 30.3 Å². The Kier molecular flexibility index (Phi) is 7.71. The lowest BCUT2D eigenvalue weighted by Crippen LogP contribution is -2.41. The second-order valence-electron chi connectivity index (χ2n) is 9.66. The van der Waals surface area contributed by atoms with E-state index in [0.717, 1.165) is 47.6 Å². The number of alkyl halides is 3. The van der Waals surface area contributed by atoms with E-state index in [1.165, 1.54) is 0 Å². The number of halogens is 3. The van der Waals surface area contributed by atoms with Crippen LogP contribution in [0, 0.1) is 11.8 Å². The molecule has 0 amide bonds. The maximum absolute atomic E-state index is 13.9. The van der Waals surface area contributed by atoms with Crippen LogP contribution in [0.5, 0.6) is 5.75 Å². The lowest BCUT2D eigenvalue weighted by atomic mass is 10.0. The molecule has 1 aliphatic carbocycles. The minimum absolute atomic E-state index is 0.0768. The number of hydrogen-bond donors (Lipinski definition) is 0. The highest BCUT2D eigenvalue weighted by Crippen LogP contribution is 2.43. The normalized spacial score (nSPS) is 20.1. The van der Waals surface area contributed by atoms with Gasteiger partial charge in [0, 0.05) is 42.0 Å². The number of nitrogens with zero attached hydrogens (tertiary/aromatic N) is 2. The van der Waals surface area contributed by atoms with Crippen LogP contribution in [0.25, 0.3) is 22.2 Å². The SMILES string of the molecule is C=CC(=O)OC1CCC(Oc2ccc3cc(-c4cccnc4)n(CCCC(C)C)c3c2)C1C(F)(F)F. The van der Waals surface area contributed by atoms with Gasteiger partial charge in [-0.15, -0.1) is 0 Å². The number of carbonyl (C=O) groups excluding carboxylic acids is 1. The van der Waals surface area contributed by atoms with Crippen molar-refractivity contribution < 1.29 is 27.4 Å². The molecule has 1 fully saturated rings. The molecule has 0 aliphatic heterocycles. The molecule has 1 saturated carbocycles. The molecular formula is C28H31F3N2O3. The Morgan fingerprint density at radius 1 is 1.22 bits per heavy atom. The van der Waals surface area contributed by atoms with E-state index in [1.54, 1.807) is 18.3 Å². The first kappa shape index (κ1) is 25.8. The summed E-state index contributed by atoms with van der Waals surface area (Å²) in [5.41, 5.74) is 2.87. The number of ether oxygens (including phenoxy) is 2. The topological polar surface area (TPSA) is 53.4 Å². The van der Waals surface area contributed by atoms with Crippen LogP contribution in [0.2, 0.25) is 0 Å². The molecular weight excluding hydrogens is 469 g/mol. The fourth-order valence-electron chi connectivity index (χ4n) is 4.94. The van der Waals surface area contributed by atoms with E-state index in [2.05, 4.69) is 36.0 Å². The van der Waals surface area contributed by atoms with Gasteiger partial charge < -0.3 is 14.0 Å². The standard InChI is InChI=1S/C28H31F3N2O3/c1-4-26(34)36-25-12-11-24(27(25)28(29,30)31)35-21-10-9-19-15-22(20-8-5-13-32-17-20)33(23(19)16-21)14-6-7-18(2)3/h4-5,8-10,13,15-18,24-25,27H,1,6-7,11-12,14H2,2-3H3. The number of fused-ring (bicyclic) bond motifs is 1. The van der Waals surface area contributed by atoms with Gasteiger partial charge in [-0.3, -0.25) is 4.98 Å². The monoisotopic (exact) mass is 500 g/mol. The molecule has 0 spiro atoms. The number of hydrogen-bond acceptors (Lipinski definition) is 4. The molecule has 1 aromatic carbocycles. The number of carbonyl (C=O) groups is 1. The Bertz CT molecular complexity index is 1200. The van der Waals surface area contributed by atoms with Crippen LogP contribution in [0.1, 0.15) is 39.5 Å². The van der Waals surface area contributed by atoms with E-state index in [9.17, 15) is 18.0 Å². The number of esters is 1. The Morgan fingerprint density at radius 3 is 2.67 bits per heavy atom. The van der Waals surface area contributed by atoms with Crippen molar-refractivity contribution in [3.05, 3.63) is 61.4 Å². The van der Waals surface area contributed by atoms with Gasteiger partial charge in [0.1, 0.15) is 23.9 Å². The molecule has 5 nitrogen and oxygen atoms in total. The third-order valence-corrected chi connectivity index (χ3v) is 6.63. The van der Waals surface area contributed by atoms with Crippen LogP contribution in [0.4, 0.5) is 13.2 Å². The maximum atomic E-state index is 13.9. The van der Waals surface area contributed by atoms with Gasteiger partial charge in [-0.05, 0) is 61.9 Å². The number of aromatic nitrogens is 2. The van der Waals surface area contributed by atoms with Gasteiger partial charge in [0.2, 0.25) is 0 Å². The average molecular weight is 501 g/mol.